The minimum Gasteiger partial charge on any atom is -0.505 e. The maximum atomic E-state index is 13.1. The molecule has 7 heteroatoms. The van der Waals surface area contributed by atoms with Crippen LogP contribution < -0.4 is 19.5 Å². The van der Waals surface area contributed by atoms with Crippen LogP contribution in [0, 0.1) is 0 Å². The predicted molar refractivity (Wildman–Crippen MR) is 145 cm³/mol. The van der Waals surface area contributed by atoms with Crippen LogP contribution in [-0.4, -0.2) is 29.7 Å². The Kier molecular flexibility index (Phi) is 7.36. The Morgan fingerprint density at radius 3 is 2.32 bits per heavy atom. The summed E-state index contributed by atoms with van der Waals surface area (Å²) in [5.41, 5.74) is 1.64. The molecule has 0 aliphatic heterocycles. The van der Waals surface area contributed by atoms with Crippen molar-refractivity contribution in [2.75, 3.05) is 13.7 Å². The van der Waals surface area contributed by atoms with Crippen molar-refractivity contribution in [2.24, 2.45) is 0 Å². The normalized spacial score (nSPS) is 11.5. The first-order valence-electron chi connectivity index (χ1n) is 12.1. The molecule has 190 valence electrons. The first-order valence-corrected chi connectivity index (χ1v) is 12.1. The molecule has 38 heavy (non-hydrogen) atoms. The van der Waals surface area contributed by atoms with Gasteiger partial charge in [-0.2, -0.15) is 0 Å². The van der Waals surface area contributed by atoms with Gasteiger partial charge >= 0.3 is 0 Å². The van der Waals surface area contributed by atoms with Crippen molar-refractivity contribution in [3.8, 4) is 28.7 Å². The van der Waals surface area contributed by atoms with Gasteiger partial charge in [0.25, 0.3) is 5.91 Å². The molecule has 5 aromatic rings. The number of hydrogen-bond donors (Lipinski definition) is 2. The van der Waals surface area contributed by atoms with Crippen molar-refractivity contribution in [3.05, 3.63) is 120 Å². The fourth-order valence-corrected chi connectivity index (χ4v) is 4.19. The quantitative estimate of drug-likeness (QED) is 0.254. The molecule has 0 bridgehead atoms. The maximum Gasteiger partial charge on any atom is 0.258 e. The van der Waals surface area contributed by atoms with Crippen LogP contribution >= 0.6 is 0 Å². The highest BCUT2D eigenvalue weighted by molar-refractivity contribution is 5.86. The molecule has 1 amide bonds. The fourth-order valence-electron chi connectivity index (χ4n) is 4.19. The van der Waals surface area contributed by atoms with E-state index in [-0.39, 0.29) is 18.3 Å². The third-order valence-corrected chi connectivity index (χ3v) is 6.02. The van der Waals surface area contributed by atoms with E-state index < -0.39 is 6.04 Å². The van der Waals surface area contributed by atoms with Gasteiger partial charge in [0.15, 0.2) is 6.61 Å². The van der Waals surface area contributed by atoms with E-state index in [1.807, 2.05) is 60.7 Å². The Hall–Kier alpha value is -5.04. The Labute approximate surface area is 220 Å². The summed E-state index contributed by atoms with van der Waals surface area (Å²) >= 11 is 0. The van der Waals surface area contributed by atoms with Crippen LogP contribution in [0.25, 0.3) is 10.9 Å². The number of phenols is 1. The average molecular weight is 507 g/mol. The number of carbonyl (C=O) groups is 1. The van der Waals surface area contributed by atoms with Gasteiger partial charge in [-0.1, -0.05) is 54.6 Å². The highest BCUT2D eigenvalue weighted by Gasteiger charge is 2.24. The number of aromatic hydroxyl groups is 1. The summed E-state index contributed by atoms with van der Waals surface area (Å²) in [6.07, 6.45) is 1.62. The zero-order chi connectivity index (χ0) is 26.3. The summed E-state index contributed by atoms with van der Waals surface area (Å²) < 4.78 is 17.1. The molecule has 0 fully saturated rings. The van der Waals surface area contributed by atoms with Crippen molar-refractivity contribution in [3.63, 3.8) is 0 Å². The first kappa shape index (κ1) is 24.6. The molecule has 5 rings (SSSR count). The number of amides is 1. The molecule has 2 N–H and O–H groups in total. The molecular formula is C31H26N2O5. The van der Waals surface area contributed by atoms with E-state index in [2.05, 4.69) is 10.3 Å². The molecule has 0 saturated carbocycles. The molecule has 1 unspecified atom stereocenters. The first-order chi connectivity index (χ1) is 18.6. The molecule has 1 heterocycles. The number of para-hydroxylation sites is 2. The van der Waals surface area contributed by atoms with Gasteiger partial charge in [-0.05, 0) is 48.5 Å². The van der Waals surface area contributed by atoms with Gasteiger partial charge in [0.1, 0.15) is 34.3 Å². The fraction of sp³-hybridized carbons (Fsp3) is 0.0968. The predicted octanol–water partition coefficient (Wildman–Crippen LogP) is 6.03. The Balaban J connectivity index is 1.33. The zero-order valence-electron chi connectivity index (χ0n) is 20.7. The largest absolute Gasteiger partial charge is 0.505 e. The lowest BCUT2D eigenvalue weighted by Gasteiger charge is -2.23. The van der Waals surface area contributed by atoms with Gasteiger partial charge < -0.3 is 24.6 Å². The lowest BCUT2D eigenvalue weighted by Crippen LogP contribution is -2.33. The summed E-state index contributed by atoms with van der Waals surface area (Å²) in [6, 6.07) is 30.5. The summed E-state index contributed by atoms with van der Waals surface area (Å²) in [5, 5.41) is 14.9. The number of aromatic nitrogens is 1. The zero-order valence-corrected chi connectivity index (χ0v) is 20.7. The van der Waals surface area contributed by atoms with Crippen LogP contribution in [0.15, 0.2) is 109 Å². The summed E-state index contributed by atoms with van der Waals surface area (Å²) in [5.74, 6) is 2.11. The second kappa shape index (κ2) is 11.3. The topological polar surface area (TPSA) is 89.9 Å². The standard InChI is InChI=1S/C31H26N2O5/c1-36-27-12-6-5-11-25(27)30(26-18-13-21-8-7-19-32-29(21)31(26)35)33-28(34)20-37-22-14-16-24(17-15-22)38-23-9-3-2-4-10-23/h2-19,30,35H,20H2,1H3,(H,33,34). The van der Waals surface area contributed by atoms with Crippen molar-refractivity contribution in [2.45, 2.75) is 6.04 Å². The van der Waals surface area contributed by atoms with Crippen LogP contribution in [0.4, 0.5) is 0 Å². The Bertz CT molecular complexity index is 1540. The van der Waals surface area contributed by atoms with E-state index in [4.69, 9.17) is 14.2 Å². The van der Waals surface area contributed by atoms with Gasteiger partial charge in [0.2, 0.25) is 0 Å². The maximum absolute atomic E-state index is 13.1. The average Bonchev–Trinajstić information content (AvgIpc) is 2.97. The van der Waals surface area contributed by atoms with E-state index >= 15 is 0 Å². The summed E-state index contributed by atoms with van der Waals surface area (Å²) in [7, 11) is 1.56. The second-order valence-corrected chi connectivity index (χ2v) is 8.50. The smallest absolute Gasteiger partial charge is 0.258 e. The van der Waals surface area contributed by atoms with Crippen LogP contribution in [0.1, 0.15) is 17.2 Å². The van der Waals surface area contributed by atoms with Gasteiger partial charge in [0, 0.05) is 22.7 Å². The minimum atomic E-state index is -0.699. The SMILES string of the molecule is COc1ccccc1C(NC(=O)COc1ccc(Oc2ccccc2)cc1)c1ccc2cccnc2c1O. The number of methoxy groups -OCH3 is 1. The summed E-state index contributed by atoms with van der Waals surface area (Å²) in [4.78, 5) is 17.4. The molecular weight excluding hydrogens is 480 g/mol. The monoisotopic (exact) mass is 506 g/mol. The van der Waals surface area contributed by atoms with Gasteiger partial charge in [0.05, 0.1) is 13.2 Å². The third kappa shape index (κ3) is 5.52. The van der Waals surface area contributed by atoms with Gasteiger partial charge in [-0.15, -0.1) is 0 Å². The lowest BCUT2D eigenvalue weighted by molar-refractivity contribution is -0.123. The number of rotatable bonds is 9. The van der Waals surface area contributed by atoms with E-state index in [1.54, 1.807) is 55.8 Å². The number of phenolic OH excluding ortho intramolecular Hbond substituents is 1. The van der Waals surface area contributed by atoms with Gasteiger partial charge in [-0.3, -0.25) is 9.78 Å². The van der Waals surface area contributed by atoms with Crippen molar-refractivity contribution in [1.82, 2.24) is 10.3 Å². The van der Waals surface area contributed by atoms with E-state index in [9.17, 15) is 9.90 Å². The van der Waals surface area contributed by atoms with E-state index in [1.165, 1.54) is 0 Å². The third-order valence-electron chi connectivity index (χ3n) is 6.02. The number of hydrogen-bond acceptors (Lipinski definition) is 6. The Morgan fingerprint density at radius 2 is 1.53 bits per heavy atom. The summed E-state index contributed by atoms with van der Waals surface area (Å²) in [6.45, 7) is -0.225. The molecule has 0 spiro atoms. The number of carbonyl (C=O) groups excluding carboxylic acids is 1. The Morgan fingerprint density at radius 1 is 0.816 bits per heavy atom. The van der Waals surface area contributed by atoms with Crippen LogP contribution in [0.3, 0.4) is 0 Å². The highest BCUT2D eigenvalue weighted by atomic mass is 16.5. The molecule has 4 aromatic carbocycles. The minimum absolute atomic E-state index is 0.00534. The second-order valence-electron chi connectivity index (χ2n) is 8.50. The van der Waals surface area contributed by atoms with Gasteiger partial charge in [-0.25, -0.2) is 0 Å². The molecule has 1 aromatic heterocycles. The number of pyridine rings is 1. The molecule has 7 nitrogen and oxygen atoms in total. The molecule has 0 aliphatic rings. The molecule has 0 aliphatic carbocycles. The number of ether oxygens (including phenoxy) is 3. The van der Waals surface area contributed by atoms with E-state index in [0.717, 1.165) is 11.1 Å². The highest BCUT2D eigenvalue weighted by Crippen LogP contribution is 2.37. The van der Waals surface area contributed by atoms with Crippen molar-refractivity contribution >= 4 is 16.8 Å². The van der Waals surface area contributed by atoms with E-state index in [0.29, 0.717) is 33.9 Å². The van der Waals surface area contributed by atoms with Crippen LogP contribution in [0.5, 0.6) is 28.7 Å². The molecule has 0 saturated heterocycles. The van der Waals surface area contributed by atoms with Crippen molar-refractivity contribution in [1.29, 1.82) is 0 Å². The number of fused-ring (bicyclic) bond motifs is 1. The van der Waals surface area contributed by atoms with Crippen molar-refractivity contribution < 1.29 is 24.1 Å². The number of benzene rings is 4. The molecule has 1 atom stereocenters. The molecule has 0 radical (unpaired) electrons. The number of nitrogens with one attached hydrogen (secondary N) is 1. The number of nitrogens with zero attached hydrogens (tertiary/aromatic N) is 1. The van der Waals surface area contributed by atoms with Crippen LogP contribution in [-0.2, 0) is 4.79 Å². The lowest BCUT2D eigenvalue weighted by atomic mass is 9.95. The van der Waals surface area contributed by atoms with Crippen LogP contribution in [0.2, 0.25) is 0 Å².